The van der Waals surface area contributed by atoms with Crippen LogP contribution >= 0.6 is 15.9 Å². The summed E-state index contributed by atoms with van der Waals surface area (Å²) in [5.74, 6) is 0.379. The first-order valence-corrected chi connectivity index (χ1v) is 5.32. The molecule has 0 saturated carbocycles. The van der Waals surface area contributed by atoms with E-state index < -0.39 is 6.43 Å². The maximum Gasteiger partial charge on any atom is 0.240 e. The van der Waals surface area contributed by atoms with Gasteiger partial charge in [-0.3, -0.25) is 0 Å². The van der Waals surface area contributed by atoms with Crippen molar-refractivity contribution in [3.05, 3.63) is 16.4 Å². The van der Waals surface area contributed by atoms with E-state index in [9.17, 15) is 8.78 Å². The molecule has 0 fully saturated rings. The standard InChI is InChI=1S/C9H12BrF2N3/c1-5(3-8(11)12)14-9-13-4-7(10)6(2)15-9/h4-5,8H,3H2,1-2H3,(H,13,14,15). The number of aromatic nitrogens is 2. The van der Waals surface area contributed by atoms with E-state index in [0.29, 0.717) is 5.95 Å². The van der Waals surface area contributed by atoms with Gasteiger partial charge in [-0.25, -0.2) is 18.7 Å². The highest BCUT2D eigenvalue weighted by Crippen LogP contribution is 2.14. The highest BCUT2D eigenvalue weighted by atomic mass is 79.9. The molecule has 1 N–H and O–H groups in total. The van der Waals surface area contributed by atoms with Gasteiger partial charge in [-0.1, -0.05) is 0 Å². The topological polar surface area (TPSA) is 37.8 Å². The van der Waals surface area contributed by atoms with Crippen molar-refractivity contribution in [2.24, 2.45) is 0 Å². The van der Waals surface area contributed by atoms with Crippen LogP contribution in [0.3, 0.4) is 0 Å². The molecule has 3 nitrogen and oxygen atoms in total. The summed E-state index contributed by atoms with van der Waals surface area (Å²) in [6, 6.07) is -0.342. The van der Waals surface area contributed by atoms with Crippen LogP contribution in [0.5, 0.6) is 0 Å². The molecule has 84 valence electrons. The third kappa shape index (κ3) is 4.07. The minimum Gasteiger partial charge on any atom is -0.352 e. The second kappa shape index (κ2) is 5.34. The van der Waals surface area contributed by atoms with Gasteiger partial charge < -0.3 is 5.32 Å². The zero-order valence-electron chi connectivity index (χ0n) is 8.47. The zero-order chi connectivity index (χ0) is 11.4. The van der Waals surface area contributed by atoms with Gasteiger partial charge in [-0.2, -0.15) is 0 Å². The Kier molecular flexibility index (Phi) is 4.38. The van der Waals surface area contributed by atoms with Crippen LogP contribution in [-0.2, 0) is 0 Å². The van der Waals surface area contributed by atoms with Crippen molar-refractivity contribution < 1.29 is 8.78 Å². The highest BCUT2D eigenvalue weighted by Gasteiger charge is 2.11. The van der Waals surface area contributed by atoms with Crippen molar-refractivity contribution in [2.45, 2.75) is 32.7 Å². The molecule has 0 saturated heterocycles. The smallest absolute Gasteiger partial charge is 0.240 e. The van der Waals surface area contributed by atoms with Crippen LogP contribution in [0.25, 0.3) is 0 Å². The Bertz CT molecular complexity index is 333. The van der Waals surface area contributed by atoms with E-state index in [0.717, 1.165) is 10.2 Å². The monoisotopic (exact) mass is 279 g/mol. The SMILES string of the molecule is Cc1nc(NC(C)CC(F)F)ncc1Br. The second-order valence-electron chi connectivity index (χ2n) is 3.30. The average molecular weight is 280 g/mol. The first-order chi connectivity index (χ1) is 6.99. The minimum atomic E-state index is -2.32. The second-order valence-corrected chi connectivity index (χ2v) is 4.15. The van der Waals surface area contributed by atoms with Gasteiger partial charge in [0.05, 0.1) is 10.2 Å². The fourth-order valence-corrected chi connectivity index (χ4v) is 1.26. The lowest BCUT2D eigenvalue weighted by molar-refractivity contribution is 0.133. The molecule has 1 rings (SSSR count). The summed E-state index contributed by atoms with van der Waals surface area (Å²) in [5.41, 5.74) is 0.775. The van der Waals surface area contributed by atoms with Gasteiger partial charge in [-0.05, 0) is 29.8 Å². The number of nitrogens with one attached hydrogen (secondary N) is 1. The van der Waals surface area contributed by atoms with Crippen molar-refractivity contribution in [3.63, 3.8) is 0 Å². The van der Waals surface area contributed by atoms with Crippen LogP contribution in [0.2, 0.25) is 0 Å². The first-order valence-electron chi connectivity index (χ1n) is 4.53. The van der Waals surface area contributed by atoms with Crippen molar-refractivity contribution >= 4 is 21.9 Å². The van der Waals surface area contributed by atoms with E-state index in [2.05, 4.69) is 31.2 Å². The number of hydrogen-bond acceptors (Lipinski definition) is 3. The molecule has 0 aliphatic carbocycles. The van der Waals surface area contributed by atoms with Crippen LogP contribution in [0.4, 0.5) is 14.7 Å². The van der Waals surface area contributed by atoms with Crippen molar-refractivity contribution in [1.82, 2.24) is 9.97 Å². The summed E-state index contributed by atoms with van der Waals surface area (Å²) >= 11 is 3.26. The van der Waals surface area contributed by atoms with Crippen molar-refractivity contribution in [1.29, 1.82) is 0 Å². The lowest BCUT2D eigenvalue weighted by Gasteiger charge is -2.13. The molecule has 0 aliphatic heterocycles. The molecular weight excluding hydrogens is 268 g/mol. The quantitative estimate of drug-likeness (QED) is 0.921. The van der Waals surface area contributed by atoms with Crippen molar-refractivity contribution in [3.8, 4) is 0 Å². The Labute approximate surface area is 95.4 Å². The van der Waals surface area contributed by atoms with Crippen LogP contribution < -0.4 is 5.32 Å². The molecule has 0 spiro atoms. The van der Waals surface area contributed by atoms with Gasteiger partial charge >= 0.3 is 0 Å². The van der Waals surface area contributed by atoms with Crippen molar-refractivity contribution in [2.75, 3.05) is 5.32 Å². The molecule has 6 heteroatoms. The van der Waals surface area contributed by atoms with E-state index in [1.54, 1.807) is 13.1 Å². The third-order valence-electron chi connectivity index (χ3n) is 1.83. The molecule has 0 radical (unpaired) electrons. The molecule has 15 heavy (non-hydrogen) atoms. The molecule has 1 heterocycles. The number of nitrogens with zero attached hydrogens (tertiary/aromatic N) is 2. The van der Waals surface area contributed by atoms with Crippen LogP contribution in [0.1, 0.15) is 19.0 Å². The maximum absolute atomic E-state index is 12.0. The molecule has 1 atom stereocenters. The van der Waals surface area contributed by atoms with E-state index in [-0.39, 0.29) is 12.5 Å². The van der Waals surface area contributed by atoms with Crippen LogP contribution in [0.15, 0.2) is 10.7 Å². The lowest BCUT2D eigenvalue weighted by atomic mass is 10.2. The Balaban J connectivity index is 2.60. The molecule has 1 aromatic rings. The Morgan fingerprint density at radius 3 is 2.73 bits per heavy atom. The van der Waals surface area contributed by atoms with Gasteiger partial charge in [0, 0.05) is 18.7 Å². The van der Waals surface area contributed by atoms with Gasteiger partial charge in [0.1, 0.15) is 0 Å². The fraction of sp³-hybridized carbons (Fsp3) is 0.556. The van der Waals surface area contributed by atoms with Gasteiger partial charge in [0.2, 0.25) is 12.4 Å². The number of rotatable bonds is 4. The zero-order valence-corrected chi connectivity index (χ0v) is 10.1. The number of hydrogen-bond donors (Lipinski definition) is 1. The Hall–Kier alpha value is -0.780. The predicted octanol–water partition coefficient (Wildman–Crippen LogP) is 3.00. The molecule has 0 bridgehead atoms. The van der Waals surface area contributed by atoms with Crippen LogP contribution in [-0.4, -0.2) is 22.4 Å². The minimum absolute atomic E-state index is 0.210. The van der Waals surface area contributed by atoms with E-state index in [4.69, 9.17) is 0 Å². The molecule has 0 aliphatic rings. The number of aryl methyl sites for hydroxylation is 1. The molecule has 1 unspecified atom stereocenters. The predicted molar refractivity (Wildman–Crippen MR) is 58.2 cm³/mol. The Morgan fingerprint density at radius 2 is 2.20 bits per heavy atom. The molecule has 0 amide bonds. The number of alkyl halides is 2. The van der Waals surface area contributed by atoms with Gasteiger partial charge in [0.15, 0.2) is 0 Å². The molecule has 0 aromatic carbocycles. The normalized spacial score (nSPS) is 12.9. The Morgan fingerprint density at radius 1 is 1.53 bits per heavy atom. The molecular formula is C9H12BrF2N3. The highest BCUT2D eigenvalue weighted by molar-refractivity contribution is 9.10. The van der Waals surface area contributed by atoms with E-state index in [1.807, 2.05) is 6.92 Å². The molecule has 1 aromatic heterocycles. The van der Waals surface area contributed by atoms with E-state index >= 15 is 0 Å². The van der Waals surface area contributed by atoms with Gasteiger partial charge in [-0.15, -0.1) is 0 Å². The summed E-state index contributed by atoms with van der Waals surface area (Å²) < 4.78 is 24.9. The summed E-state index contributed by atoms with van der Waals surface area (Å²) in [7, 11) is 0. The third-order valence-corrected chi connectivity index (χ3v) is 2.61. The van der Waals surface area contributed by atoms with E-state index in [1.165, 1.54) is 0 Å². The summed E-state index contributed by atoms with van der Waals surface area (Å²) in [6.45, 7) is 3.49. The largest absolute Gasteiger partial charge is 0.352 e. The van der Waals surface area contributed by atoms with Gasteiger partial charge in [0.25, 0.3) is 0 Å². The first kappa shape index (κ1) is 12.3. The lowest BCUT2D eigenvalue weighted by Crippen LogP contribution is -2.20. The fourth-order valence-electron chi connectivity index (χ4n) is 1.07. The number of halogens is 3. The van der Waals surface area contributed by atoms with Crippen LogP contribution in [0, 0.1) is 6.92 Å². The maximum atomic E-state index is 12.0. The summed E-state index contributed by atoms with van der Waals surface area (Å²) in [5, 5.41) is 2.82. The average Bonchev–Trinajstić information content (AvgIpc) is 2.10. The summed E-state index contributed by atoms with van der Waals surface area (Å²) in [4.78, 5) is 8.08. The summed E-state index contributed by atoms with van der Waals surface area (Å²) in [6.07, 6.45) is -0.929. The number of anilines is 1.